The smallest absolute Gasteiger partial charge is 0.155 e. The van der Waals surface area contributed by atoms with E-state index >= 15 is 0 Å². The zero-order valence-electron chi connectivity index (χ0n) is 10.1. The van der Waals surface area contributed by atoms with E-state index in [9.17, 15) is 4.79 Å². The monoisotopic (exact) mass is 218 g/mol. The third-order valence-electron chi connectivity index (χ3n) is 2.29. The van der Waals surface area contributed by atoms with E-state index in [4.69, 9.17) is 4.74 Å². The molecule has 0 N–H and O–H groups in total. The number of hydrogen-bond donors (Lipinski definition) is 0. The summed E-state index contributed by atoms with van der Waals surface area (Å²) in [6, 6.07) is 7.76. The maximum atomic E-state index is 11.1. The van der Waals surface area contributed by atoms with Crippen LogP contribution in [0.15, 0.2) is 29.8 Å². The van der Waals surface area contributed by atoms with Crippen LogP contribution in [0.25, 0.3) is 6.08 Å². The fourth-order valence-electron chi connectivity index (χ4n) is 1.23. The van der Waals surface area contributed by atoms with Gasteiger partial charge in [0.1, 0.15) is 5.75 Å². The molecule has 0 atom stereocenters. The Morgan fingerprint density at radius 3 is 2.38 bits per heavy atom. The van der Waals surface area contributed by atoms with Gasteiger partial charge < -0.3 is 4.74 Å². The third-order valence-corrected chi connectivity index (χ3v) is 2.29. The van der Waals surface area contributed by atoms with Gasteiger partial charge in [-0.2, -0.15) is 0 Å². The lowest BCUT2D eigenvalue weighted by Gasteiger charge is -2.04. The quantitative estimate of drug-likeness (QED) is 0.707. The Balaban J connectivity index is 2.71. The van der Waals surface area contributed by atoms with E-state index in [2.05, 4.69) is 6.92 Å². The zero-order valence-corrected chi connectivity index (χ0v) is 10.1. The van der Waals surface area contributed by atoms with E-state index in [0.717, 1.165) is 29.9 Å². The Kier molecular flexibility index (Phi) is 4.77. The van der Waals surface area contributed by atoms with Crippen molar-refractivity contribution in [2.24, 2.45) is 0 Å². The van der Waals surface area contributed by atoms with Crippen molar-refractivity contribution >= 4 is 11.9 Å². The van der Waals surface area contributed by atoms with Crippen LogP contribution in [0.1, 0.15) is 32.8 Å². The molecule has 86 valence electrons. The first-order valence-corrected chi connectivity index (χ1v) is 5.55. The molecule has 0 saturated carbocycles. The van der Waals surface area contributed by atoms with Gasteiger partial charge in [-0.1, -0.05) is 19.1 Å². The number of benzene rings is 1. The molecule has 0 heterocycles. The normalized spacial score (nSPS) is 11.3. The van der Waals surface area contributed by atoms with Crippen LogP contribution >= 0.6 is 0 Å². The molecule has 2 heteroatoms. The van der Waals surface area contributed by atoms with Gasteiger partial charge >= 0.3 is 0 Å². The van der Waals surface area contributed by atoms with Crippen molar-refractivity contribution in [3.05, 3.63) is 35.4 Å². The number of allylic oxidation sites excluding steroid dienone is 1. The topological polar surface area (TPSA) is 26.3 Å². The summed E-state index contributed by atoms with van der Waals surface area (Å²) in [5.41, 5.74) is 1.79. The summed E-state index contributed by atoms with van der Waals surface area (Å²) < 4.78 is 5.47. The first-order valence-electron chi connectivity index (χ1n) is 5.55. The Morgan fingerprint density at radius 1 is 1.25 bits per heavy atom. The van der Waals surface area contributed by atoms with Crippen molar-refractivity contribution in [3.8, 4) is 5.75 Å². The summed E-state index contributed by atoms with van der Waals surface area (Å²) in [4.78, 5) is 11.1. The maximum Gasteiger partial charge on any atom is 0.155 e. The summed E-state index contributed by atoms with van der Waals surface area (Å²) in [6.07, 6.45) is 2.89. The van der Waals surface area contributed by atoms with Crippen LogP contribution < -0.4 is 4.74 Å². The molecule has 0 amide bonds. The number of ether oxygens (including phenoxy) is 1. The van der Waals surface area contributed by atoms with Gasteiger partial charge in [0.05, 0.1) is 6.61 Å². The van der Waals surface area contributed by atoms with Gasteiger partial charge in [0.15, 0.2) is 5.78 Å². The summed E-state index contributed by atoms with van der Waals surface area (Å²) in [6.45, 7) is 6.21. The molecule has 0 saturated heterocycles. The molecule has 16 heavy (non-hydrogen) atoms. The van der Waals surface area contributed by atoms with Crippen LogP contribution in [-0.2, 0) is 4.79 Å². The highest BCUT2D eigenvalue weighted by atomic mass is 16.5. The first kappa shape index (κ1) is 12.5. The van der Waals surface area contributed by atoms with Crippen molar-refractivity contribution in [1.29, 1.82) is 0 Å². The second-order valence-electron chi connectivity index (χ2n) is 3.80. The Hall–Kier alpha value is -1.57. The van der Waals surface area contributed by atoms with Crippen LogP contribution in [0.3, 0.4) is 0 Å². The van der Waals surface area contributed by atoms with E-state index < -0.39 is 0 Å². The first-order chi connectivity index (χ1) is 7.63. The highest BCUT2D eigenvalue weighted by molar-refractivity contribution is 5.97. The Bertz CT molecular complexity index is 374. The van der Waals surface area contributed by atoms with Gasteiger partial charge in [-0.05, 0) is 49.6 Å². The lowest BCUT2D eigenvalue weighted by molar-refractivity contribution is -0.113. The van der Waals surface area contributed by atoms with Crippen LogP contribution in [0, 0.1) is 0 Å². The predicted octanol–water partition coefficient (Wildman–Crippen LogP) is 3.47. The minimum atomic E-state index is 0.103. The zero-order chi connectivity index (χ0) is 12.0. The molecule has 0 aliphatic rings. The fraction of sp³-hybridized carbons (Fsp3) is 0.357. The van der Waals surface area contributed by atoms with E-state index in [1.54, 1.807) is 6.92 Å². The summed E-state index contributed by atoms with van der Waals surface area (Å²) in [5.74, 6) is 0.978. The minimum absolute atomic E-state index is 0.103. The molecule has 2 nitrogen and oxygen atoms in total. The molecule has 1 aromatic carbocycles. The van der Waals surface area contributed by atoms with Crippen LogP contribution in [0.2, 0.25) is 0 Å². The maximum absolute atomic E-state index is 11.1. The molecular formula is C14H18O2. The highest BCUT2D eigenvalue weighted by Gasteiger charge is 1.97. The molecule has 0 aliphatic carbocycles. The molecule has 0 bridgehead atoms. The number of hydrogen-bond acceptors (Lipinski definition) is 2. The lowest BCUT2D eigenvalue weighted by atomic mass is 10.1. The molecule has 0 aromatic heterocycles. The van der Waals surface area contributed by atoms with Crippen molar-refractivity contribution in [2.75, 3.05) is 6.61 Å². The van der Waals surface area contributed by atoms with Gasteiger partial charge in [-0.25, -0.2) is 0 Å². The molecule has 0 spiro atoms. The number of ketones is 1. The molecule has 1 rings (SSSR count). The second kappa shape index (κ2) is 6.11. The minimum Gasteiger partial charge on any atom is -0.494 e. The lowest BCUT2D eigenvalue weighted by Crippen LogP contribution is -1.94. The summed E-state index contributed by atoms with van der Waals surface area (Å²) in [5, 5.41) is 0. The van der Waals surface area contributed by atoms with Crippen molar-refractivity contribution in [1.82, 2.24) is 0 Å². The van der Waals surface area contributed by atoms with Crippen molar-refractivity contribution in [2.45, 2.75) is 27.2 Å². The van der Waals surface area contributed by atoms with E-state index in [-0.39, 0.29) is 5.78 Å². The van der Waals surface area contributed by atoms with Crippen LogP contribution in [0.5, 0.6) is 5.75 Å². The number of rotatable bonds is 5. The Morgan fingerprint density at radius 2 is 1.88 bits per heavy atom. The molecule has 1 aromatic rings. The van der Waals surface area contributed by atoms with Gasteiger partial charge in [0.2, 0.25) is 0 Å². The molecule has 0 radical (unpaired) electrons. The van der Waals surface area contributed by atoms with Gasteiger partial charge in [0.25, 0.3) is 0 Å². The van der Waals surface area contributed by atoms with Crippen LogP contribution in [0.4, 0.5) is 0 Å². The van der Waals surface area contributed by atoms with Crippen molar-refractivity contribution in [3.63, 3.8) is 0 Å². The predicted molar refractivity (Wildman–Crippen MR) is 66.6 cm³/mol. The van der Waals surface area contributed by atoms with E-state index in [1.165, 1.54) is 0 Å². The molecular weight excluding hydrogens is 200 g/mol. The fourth-order valence-corrected chi connectivity index (χ4v) is 1.23. The van der Waals surface area contributed by atoms with Crippen molar-refractivity contribution < 1.29 is 9.53 Å². The molecule has 0 aliphatic heterocycles. The van der Waals surface area contributed by atoms with E-state index in [0.29, 0.717) is 0 Å². The summed E-state index contributed by atoms with van der Waals surface area (Å²) in [7, 11) is 0. The molecule has 0 unspecified atom stereocenters. The number of carbonyl (C=O) groups is 1. The standard InChI is InChI=1S/C14H18O2/c1-4-9-16-14-7-5-13(6-8-14)10-11(2)12(3)15/h5-8,10H,4,9H2,1-3H3/b11-10-. The highest BCUT2D eigenvalue weighted by Crippen LogP contribution is 2.14. The number of carbonyl (C=O) groups excluding carboxylic acids is 1. The van der Waals surface area contributed by atoms with Gasteiger partial charge in [-0.15, -0.1) is 0 Å². The largest absolute Gasteiger partial charge is 0.494 e. The average Bonchev–Trinajstić information content (AvgIpc) is 2.28. The molecule has 0 fully saturated rings. The van der Waals surface area contributed by atoms with Crippen LogP contribution in [-0.4, -0.2) is 12.4 Å². The average molecular weight is 218 g/mol. The number of Topliss-reactive ketones (excluding diaryl/α,β-unsaturated/α-hetero) is 1. The van der Waals surface area contributed by atoms with E-state index in [1.807, 2.05) is 37.3 Å². The Labute approximate surface area is 96.9 Å². The SMILES string of the molecule is CCCOc1ccc(/C=C(/C)C(C)=O)cc1. The second-order valence-corrected chi connectivity index (χ2v) is 3.80. The summed E-state index contributed by atoms with van der Waals surface area (Å²) >= 11 is 0. The van der Waals surface area contributed by atoms with Gasteiger partial charge in [0, 0.05) is 0 Å². The third kappa shape index (κ3) is 3.89. The van der Waals surface area contributed by atoms with Gasteiger partial charge in [-0.3, -0.25) is 4.79 Å².